The number of carboxylic acids is 1. The van der Waals surface area contributed by atoms with Crippen LogP contribution >= 0.6 is 0 Å². The predicted molar refractivity (Wildman–Crippen MR) is 106 cm³/mol. The predicted octanol–water partition coefficient (Wildman–Crippen LogP) is 3.78. The van der Waals surface area contributed by atoms with Crippen LogP contribution in [0.3, 0.4) is 0 Å². The molecule has 0 amide bonds. The highest BCUT2D eigenvalue weighted by molar-refractivity contribution is 7.89. The first kappa shape index (κ1) is 21.1. The van der Waals surface area contributed by atoms with Crippen LogP contribution in [0.15, 0.2) is 65.8 Å². The van der Waals surface area contributed by atoms with E-state index in [-0.39, 0.29) is 23.3 Å². The molecule has 1 aliphatic rings. The molecule has 29 heavy (non-hydrogen) atoms. The van der Waals surface area contributed by atoms with Crippen molar-refractivity contribution in [2.75, 3.05) is 6.54 Å². The smallest absolute Gasteiger partial charge is 0.303 e. The number of benzene rings is 1. The third-order valence-corrected chi connectivity index (χ3v) is 6.95. The maximum atomic E-state index is 13.2. The number of aromatic nitrogens is 1. The topological polar surface area (TPSA) is 87.6 Å². The summed E-state index contributed by atoms with van der Waals surface area (Å²) in [6, 6.07) is 8.10. The van der Waals surface area contributed by atoms with Gasteiger partial charge in [0.25, 0.3) is 0 Å². The standard InChI is InChI=1S/C21H23FN2O4S/c22-18-8-10-19(11-9-18)29(27,28)24-14-12-16(5-2-1-3-7-20(25)26)21(24)17-6-4-13-23-15-17/h1-2,4,6,8-11,13,15-16,21H,3,5,7,12,14H2,(H,25,26). The van der Waals surface area contributed by atoms with Gasteiger partial charge in [0, 0.05) is 25.4 Å². The van der Waals surface area contributed by atoms with Gasteiger partial charge >= 0.3 is 5.97 Å². The van der Waals surface area contributed by atoms with Crippen molar-refractivity contribution in [1.29, 1.82) is 0 Å². The van der Waals surface area contributed by atoms with E-state index in [9.17, 15) is 17.6 Å². The lowest BCUT2D eigenvalue weighted by molar-refractivity contribution is -0.136. The quantitative estimate of drug-likeness (QED) is 0.659. The summed E-state index contributed by atoms with van der Waals surface area (Å²) >= 11 is 0. The van der Waals surface area contributed by atoms with Crippen molar-refractivity contribution in [1.82, 2.24) is 9.29 Å². The molecular formula is C21H23FN2O4S. The van der Waals surface area contributed by atoms with E-state index in [4.69, 9.17) is 5.11 Å². The number of sulfonamides is 1. The number of halogens is 1. The van der Waals surface area contributed by atoms with Crippen molar-refractivity contribution in [3.05, 3.63) is 72.3 Å². The fourth-order valence-electron chi connectivity index (χ4n) is 3.67. The zero-order valence-electron chi connectivity index (χ0n) is 15.8. The van der Waals surface area contributed by atoms with Crippen LogP contribution in [0.25, 0.3) is 0 Å². The maximum absolute atomic E-state index is 13.2. The number of carboxylic acid groups (broad SMARTS) is 1. The lowest BCUT2D eigenvalue weighted by Gasteiger charge is -2.27. The lowest BCUT2D eigenvalue weighted by Crippen LogP contribution is -2.32. The van der Waals surface area contributed by atoms with Gasteiger partial charge in [-0.15, -0.1) is 0 Å². The van der Waals surface area contributed by atoms with Crippen LogP contribution in [0.1, 0.15) is 37.3 Å². The molecule has 1 aliphatic heterocycles. The number of carbonyl (C=O) groups is 1. The number of rotatable bonds is 8. The summed E-state index contributed by atoms with van der Waals surface area (Å²) in [5.74, 6) is -1.30. The minimum Gasteiger partial charge on any atom is -0.481 e. The molecule has 0 radical (unpaired) electrons. The van der Waals surface area contributed by atoms with Crippen molar-refractivity contribution in [2.45, 2.75) is 36.6 Å². The molecule has 1 fully saturated rings. The molecule has 1 N–H and O–H groups in total. The van der Waals surface area contributed by atoms with Crippen LogP contribution in [0.2, 0.25) is 0 Å². The number of pyridine rings is 1. The van der Waals surface area contributed by atoms with Crippen molar-refractivity contribution in [2.24, 2.45) is 5.92 Å². The van der Waals surface area contributed by atoms with E-state index in [0.29, 0.717) is 25.8 Å². The number of nitrogens with zero attached hydrogens (tertiary/aromatic N) is 2. The molecule has 1 saturated heterocycles. The van der Waals surface area contributed by atoms with Gasteiger partial charge in [-0.2, -0.15) is 4.31 Å². The molecule has 0 bridgehead atoms. The minimum atomic E-state index is -3.80. The van der Waals surface area contributed by atoms with Gasteiger partial charge in [-0.1, -0.05) is 18.2 Å². The number of allylic oxidation sites excluding steroid dienone is 2. The summed E-state index contributed by atoms with van der Waals surface area (Å²) in [5.41, 5.74) is 0.805. The first-order valence-electron chi connectivity index (χ1n) is 9.43. The van der Waals surface area contributed by atoms with Crippen LogP contribution in [0.5, 0.6) is 0 Å². The van der Waals surface area contributed by atoms with Gasteiger partial charge in [0.1, 0.15) is 5.82 Å². The lowest BCUT2D eigenvalue weighted by atomic mass is 9.92. The summed E-state index contributed by atoms with van der Waals surface area (Å²) in [6.45, 7) is 0.354. The third kappa shape index (κ3) is 5.07. The highest BCUT2D eigenvalue weighted by Gasteiger charge is 2.42. The normalized spacial score (nSPS) is 20.3. The second-order valence-electron chi connectivity index (χ2n) is 6.99. The maximum Gasteiger partial charge on any atom is 0.303 e. The fraction of sp³-hybridized carbons (Fsp3) is 0.333. The molecule has 0 aliphatic carbocycles. The second kappa shape index (κ2) is 9.28. The van der Waals surface area contributed by atoms with Crippen LogP contribution < -0.4 is 0 Å². The number of aliphatic carboxylic acids is 1. The number of hydrogen-bond acceptors (Lipinski definition) is 4. The van der Waals surface area contributed by atoms with E-state index in [1.807, 2.05) is 18.2 Å². The zero-order chi connectivity index (χ0) is 20.9. The first-order chi connectivity index (χ1) is 13.9. The Hall–Kier alpha value is -2.58. The Balaban J connectivity index is 1.85. The molecule has 0 spiro atoms. The van der Waals surface area contributed by atoms with Crippen LogP contribution in [0, 0.1) is 11.7 Å². The summed E-state index contributed by atoms with van der Waals surface area (Å²) in [5, 5.41) is 8.73. The Bertz CT molecular complexity index is 962. The summed E-state index contributed by atoms with van der Waals surface area (Å²) in [6.07, 6.45) is 8.87. The average Bonchev–Trinajstić information content (AvgIpc) is 3.13. The Kier molecular flexibility index (Phi) is 6.76. The van der Waals surface area contributed by atoms with Crippen molar-refractivity contribution in [3.63, 3.8) is 0 Å². The number of hydrogen-bond donors (Lipinski definition) is 1. The molecule has 2 aromatic rings. The highest BCUT2D eigenvalue weighted by Crippen LogP contribution is 2.42. The van der Waals surface area contributed by atoms with E-state index >= 15 is 0 Å². The Morgan fingerprint density at radius 1 is 1.24 bits per heavy atom. The molecular weight excluding hydrogens is 395 g/mol. The van der Waals surface area contributed by atoms with Gasteiger partial charge in [-0.05, 0) is 61.1 Å². The summed E-state index contributed by atoms with van der Waals surface area (Å²) in [7, 11) is -3.80. The summed E-state index contributed by atoms with van der Waals surface area (Å²) in [4.78, 5) is 14.8. The van der Waals surface area contributed by atoms with Gasteiger partial charge < -0.3 is 5.11 Å². The van der Waals surface area contributed by atoms with Gasteiger partial charge in [0.05, 0.1) is 10.9 Å². The molecule has 8 heteroatoms. The zero-order valence-corrected chi connectivity index (χ0v) is 16.6. The Labute approximate surface area is 169 Å². The van der Waals surface area contributed by atoms with Gasteiger partial charge in [0.2, 0.25) is 10.0 Å². The van der Waals surface area contributed by atoms with E-state index in [1.54, 1.807) is 18.5 Å². The van der Waals surface area contributed by atoms with Crippen molar-refractivity contribution < 1.29 is 22.7 Å². The largest absolute Gasteiger partial charge is 0.481 e. The van der Waals surface area contributed by atoms with E-state index in [0.717, 1.165) is 17.7 Å². The molecule has 2 atom stereocenters. The molecule has 2 unspecified atom stereocenters. The third-order valence-electron chi connectivity index (χ3n) is 5.05. The molecule has 1 aromatic heterocycles. The van der Waals surface area contributed by atoms with E-state index in [1.165, 1.54) is 16.4 Å². The molecule has 2 heterocycles. The first-order valence-corrected chi connectivity index (χ1v) is 10.9. The van der Waals surface area contributed by atoms with Gasteiger partial charge in [-0.3, -0.25) is 9.78 Å². The van der Waals surface area contributed by atoms with Gasteiger partial charge in [0.15, 0.2) is 0 Å². The molecule has 3 rings (SSSR count). The second-order valence-corrected chi connectivity index (χ2v) is 8.88. The fourth-order valence-corrected chi connectivity index (χ4v) is 5.36. The molecule has 154 valence electrons. The minimum absolute atomic E-state index is 0.0375. The SMILES string of the molecule is O=C(O)CCC=CCC1CCN(S(=O)(=O)c2ccc(F)cc2)C1c1cccnc1. The van der Waals surface area contributed by atoms with Crippen molar-refractivity contribution >= 4 is 16.0 Å². The van der Waals surface area contributed by atoms with Crippen LogP contribution in [0.4, 0.5) is 4.39 Å². The Morgan fingerprint density at radius 3 is 2.66 bits per heavy atom. The Morgan fingerprint density at radius 2 is 2.00 bits per heavy atom. The monoisotopic (exact) mass is 418 g/mol. The van der Waals surface area contributed by atoms with Gasteiger partial charge in [-0.25, -0.2) is 12.8 Å². The molecule has 1 aromatic carbocycles. The molecule has 0 saturated carbocycles. The van der Waals surface area contributed by atoms with E-state index in [2.05, 4.69) is 4.98 Å². The highest BCUT2D eigenvalue weighted by atomic mass is 32.2. The van der Waals surface area contributed by atoms with E-state index < -0.39 is 21.8 Å². The van der Waals surface area contributed by atoms with Crippen molar-refractivity contribution in [3.8, 4) is 0 Å². The van der Waals surface area contributed by atoms with Crippen LogP contribution in [-0.4, -0.2) is 35.3 Å². The summed E-state index contributed by atoms with van der Waals surface area (Å²) < 4.78 is 41.2. The van der Waals surface area contributed by atoms with Crippen LogP contribution in [-0.2, 0) is 14.8 Å². The molecule has 6 nitrogen and oxygen atoms in total. The average molecular weight is 418 g/mol.